The fourth-order valence-electron chi connectivity index (χ4n) is 1.25. The van der Waals surface area contributed by atoms with Crippen LogP contribution >= 0.6 is 15.9 Å². The molecule has 0 unspecified atom stereocenters. The molecule has 0 amide bonds. The van der Waals surface area contributed by atoms with Crippen molar-refractivity contribution in [3.8, 4) is 0 Å². The summed E-state index contributed by atoms with van der Waals surface area (Å²) in [7, 11) is 1.94. The van der Waals surface area contributed by atoms with Crippen molar-refractivity contribution in [3.05, 3.63) is 22.9 Å². The van der Waals surface area contributed by atoms with E-state index in [1.165, 1.54) is 10.7 Å². The van der Waals surface area contributed by atoms with E-state index in [0.717, 1.165) is 17.7 Å². The Morgan fingerprint density at radius 1 is 1.67 bits per heavy atom. The zero-order valence-corrected chi connectivity index (χ0v) is 9.73. The van der Waals surface area contributed by atoms with E-state index in [1.807, 2.05) is 11.9 Å². The predicted molar refractivity (Wildman–Crippen MR) is 60.7 cm³/mol. The monoisotopic (exact) mass is 271 g/mol. The molecule has 15 heavy (non-hydrogen) atoms. The molecule has 0 atom stereocenters. The van der Waals surface area contributed by atoms with Crippen LogP contribution in [0.3, 0.4) is 0 Å². The Kier molecular flexibility index (Phi) is 2.72. The lowest BCUT2D eigenvalue weighted by atomic mass is 10.5. The van der Waals surface area contributed by atoms with Crippen LogP contribution in [-0.2, 0) is 0 Å². The van der Waals surface area contributed by atoms with Gasteiger partial charge in [-0.15, -0.1) is 0 Å². The van der Waals surface area contributed by atoms with Gasteiger partial charge in [0.05, 0.1) is 0 Å². The molecule has 7 heteroatoms. The minimum Gasteiger partial charge on any atom is -0.359 e. The first-order chi connectivity index (χ1) is 7.22. The Morgan fingerprint density at radius 3 is 3.20 bits per heavy atom. The van der Waals surface area contributed by atoms with Gasteiger partial charge < -0.3 is 4.90 Å². The highest BCUT2D eigenvalue weighted by Gasteiger charge is 2.05. The number of nitrogens with zero attached hydrogens (tertiary/aromatic N) is 4. The van der Waals surface area contributed by atoms with Gasteiger partial charge >= 0.3 is 5.69 Å². The number of hydrogen-bond acceptors (Lipinski definition) is 4. The molecule has 0 radical (unpaired) electrons. The summed E-state index contributed by atoms with van der Waals surface area (Å²) in [5.74, 6) is 0.793. The SMILES string of the molecule is CN(CCBr)c1cc2n[nH]c(=O)n2cn1. The molecular weight excluding hydrogens is 262 g/mol. The number of nitrogens with one attached hydrogen (secondary N) is 1. The molecule has 0 aliphatic heterocycles. The van der Waals surface area contributed by atoms with E-state index < -0.39 is 0 Å². The minimum atomic E-state index is -0.271. The van der Waals surface area contributed by atoms with Crippen molar-refractivity contribution in [2.75, 3.05) is 23.8 Å². The summed E-state index contributed by atoms with van der Waals surface area (Å²) in [6.07, 6.45) is 1.47. The van der Waals surface area contributed by atoms with Crippen LogP contribution in [0.2, 0.25) is 0 Å². The molecule has 1 N–H and O–H groups in total. The van der Waals surface area contributed by atoms with Gasteiger partial charge in [0.25, 0.3) is 0 Å². The normalized spacial score (nSPS) is 10.8. The summed E-state index contributed by atoms with van der Waals surface area (Å²) in [5, 5.41) is 7.10. The maximum absolute atomic E-state index is 11.2. The molecule has 2 aromatic rings. The Hall–Kier alpha value is -1.37. The molecule has 0 aromatic carbocycles. The van der Waals surface area contributed by atoms with Crippen LogP contribution in [0.25, 0.3) is 5.65 Å². The van der Waals surface area contributed by atoms with Crippen molar-refractivity contribution in [2.24, 2.45) is 0 Å². The van der Waals surface area contributed by atoms with Crippen LogP contribution in [0.5, 0.6) is 0 Å². The highest BCUT2D eigenvalue weighted by molar-refractivity contribution is 9.09. The van der Waals surface area contributed by atoms with Crippen molar-refractivity contribution in [3.63, 3.8) is 0 Å². The number of H-pyrrole nitrogens is 1. The molecule has 0 aliphatic carbocycles. The van der Waals surface area contributed by atoms with Crippen LogP contribution < -0.4 is 10.6 Å². The number of anilines is 1. The summed E-state index contributed by atoms with van der Waals surface area (Å²) in [6.45, 7) is 0.845. The second kappa shape index (κ2) is 4.01. The molecule has 2 heterocycles. The summed E-state index contributed by atoms with van der Waals surface area (Å²) < 4.78 is 1.37. The average Bonchev–Trinajstić information content (AvgIpc) is 2.60. The first-order valence-electron chi connectivity index (χ1n) is 4.42. The minimum absolute atomic E-state index is 0.271. The van der Waals surface area contributed by atoms with E-state index in [-0.39, 0.29) is 5.69 Å². The fourth-order valence-corrected chi connectivity index (χ4v) is 1.78. The van der Waals surface area contributed by atoms with E-state index in [0.29, 0.717) is 5.65 Å². The van der Waals surface area contributed by atoms with E-state index in [4.69, 9.17) is 0 Å². The Balaban J connectivity index is 2.43. The van der Waals surface area contributed by atoms with Gasteiger partial charge in [0.1, 0.15) is 12.1 Å². The summed E-state index contributed by atoms with van der Waals surface area (Å²) in [4.78, 5) is 17.3. The average molecular weight is 272 g/mol. The molecule has 6 nitrogen and oxygen atoms in total. The summed E-state index contributed by atoms with van der Waals surface area (Å²) in [6, 6.07) is 1.76. The molecule has 0 saturated heterocycles. The highest BCUT2D eigenvalue weighted by Crippen LogP contribution is 2.09. The number of aromatic amines is 1. The van der Waals surface area contributed by atoms with Crippen LogP contribution in [0, 0.1) is 0 Å². The van der Waals surface area contributed by atoms with E-state index in [2.05, 4.69) is 31.1 Å². The predicted octanol–water partition coefficient (Wildman–Crippen LogP) is 0.249. The lowest BCUT2D eigenvalue weighted by Crippen LogP contribution is -2.21. The molecule has 0 spiro atoms. The lowest BCUT2D eigenvalue weighted by Gasteiger charge is -2.15. The van der Waals surface area contributed by atoms with E-state index in [1.54, 1.807) is 6.07 Å². The van der Waals surface area contributed by atoms with Crippen molar-refractivity contribution in [1.29, 1.82) is 0 Å². The van der Waals surface area contributed by atoms with Gasteiger partial charge in [0, 0.05) is 25.0 Å². The van der Waals surface area contributed by atoms with Gasteiger partial charge in [0.15, 0.2) is 5.65 Å². The summed E-state index contributed by atoms with van der Waals surface area (Å²) in [5.41, 5.74) is 0.304. The molecule has 2 rings (SSSR count). The van der Waals surface area contributed by atoms with Gasteiger partial charge in [-0.3, -0.25) is 0 Å². The third kappa shape index (κ3) is 1.87. The van der Waals surface area contributed by atoms with Gasteiger partial charge in [-0.2, -0.15) is 5.10 Å². The maximum atomic E-state index is 11.2. The molecule has 0 bridgehead atoms. The van der Waals surface area contributed by atoms with Gasteiger partial charge in [-0.05, 0) is 0 Å². The Morgan fingerprint density at radius 2 is 2.47 bits per heavy atom. The number of aromatic nitrogens is 4. The molecule has 2 aromatic heterocycles. The standard InChI is InChI=1S/C8H10BrN5O/c1-13(3-2-9)6-4-7-11-12-8(15)14(7)5-10-6/h4-5H,2-3H2,1H3,(H,12,15). The number of halogens is 1. The summed E-state index contributed by atoms with van der Waals surface area (Å²) >= 11 is 3.35. The number of alkyl halides is 1. The molecule has 0 fully saturated rings. The van der Waals surface area contributed by atoms with Crippen molar-refractivity contribution < 1.29 is 0 Å². The zero-order valence-electron chi connectivity index (χ0n) is 8.14. The molecular formula is C8H10BrN5O. The number of hydrogen-bond donors (Lipinski definition) is 1. The van der Waals surface area contributed by atoms with E-state index >= 15 is 0 Å². The Labute approximate surface area is 94.1 Å². The highest BCUT2D eigenvalue weighted by atomic mass is 79.9. The number of fused-ring (bicyclic) bond motifs is 1. The first-order valence-corrected chi connectivity index (χ1v) is 5.54. The fraction of sp³-hybridized carbons (Fsp3) is 0.375. The van der Waals surface area contributed by atoms with Crippen LogP contribution in [0.15, 0.2) is 17.2 Å². The van der Waals surface area contributed by atoms with Crippen molar-refractivity contribution in [1.82, 2.24) is 19.6 Å². The molecule has 0 saturated carbocycles. The number of rotatable bonds is 3. The molecule has 0 aliphatic rings. The second-order valence-electron chi connectivity index (χ2n) is 3.11. The van der Waals surface area contributed by atoms with Gasteiger partial charge in [-0.25, -0.2) is 19.3 Å². The van der Waals surface area contributed by atoms with Gasteiger partial charge in [-0.1, -0.05) is 15.9 Å². The third-order valence-corrected chi connectivity index (χ3v) is 2.46. The van der Waals surface area contributed by atoms with Crippen molar-refractivity contribution >= 4 is 27.4 Å². The van der Waals surface area contributed by atoms with Crippen molar-refractivity contribution in [2.45, 2.75) is 0 Å². The largest absolute Gasteiger partial charge is 0.359 e. The zero-order chi connectivity index (χ0) is 10.8. The topological polar surface area (TPSA) is 66.3 Å². The van der Waals surface area contributed by atoms with Crippen LogP contribution in [0.1, 0.15) is 0 Å². The molecule has 80 valence electrons. The lowest BCUT2D eigenvalue weighted by molar-refractivity contribution is 0.925. The van der Waals surface area contributed by atoms with Gasteiger partial charge in [0.2, 0.25) is 0 Å². The van der Waals surface area contributed by atoms with E-state index in [9.17, 15) is 4.79 Å². The second-order valence-corrected chi connectivity index (χ2v) is 3.91. The quantitative estimate of drug-likeness (QED) is 0.813. The van der Waals surface area contributed by atoms with Crippen LogP contribution in [0.4, 0.5) is 5.82 Å². The maximum Gasteiger partial charge on any atom is 0.348 e. The smallest absolute Gasteiger partial charge is 0.348 e. The first kappa shape index (κ1) is 10.2. The van der Waals surface area contributed by atoms with Crippen LogP contribution in [-0.4, -0.2) is 38.5 Å². The Bertz CT molecular complexity index is 519. The third-order valence-electron chi connectivity index (χ3n) is 2.11.